The van der Waals surface area contributed by atoms with Gasteiger partial charge in [0.15, 0.2) is 0 Å². The lowest BCUT2D eigenvalue weighted by Gasteiger charge is -2.09. The Morgan fingerprint density at radius 3 is 3.08 bits per heavy atom. The molecular formula is C9H12N2S2. The van der Waals surface area contributed by atoms with E-state index in [-0.39, 0.29) is 5.92 Å². The maximum absolute atomic E-state index is 8.35. The van der Waals surface area contributed by atoms with E-state index in [0.29, 0.717) is 6.42 Å². The van der Waals surface area contributed by atoms with Crippen LogP contribution in [0.4, 0.5) is 0 Å². The summed E-state index contributed by atoms with van der Waals surface area (Å²) in [5.74, 6) is 0.998. The Bertz CT molecular complexity index is 255. The first-order chi connectivity index (χ1) is 6.25. The Labute approximate surface area is 88.2 Å². The van der Waals surface area contributed by atoms with Gasteiger partial charge in [-0.25, -0.2) is 0 Å². The lowest BCUT2D eigenvalue weighted by Crippen LogP contribution is -2.13. The summed E-state index contributed by atoms with van der Waals surface area (Å²) in [6, 6.07) is 2.09. The molecule has 1 atom stereocenters. The van der Waals surface area contributed by atoms with Crippen LogP contribution >= 0.6 is 24.0 Å². The lowest BCUT2D eigenvalue weighted by atomic mass is 10.1. The number of nitrogens with one attached hydrogen (secondary N) is 1. The summed E-state index contributed by atoms with van der Waals surface area (Å²) >= 11 is 6.79. The zero-order chi connectivity index (χ0) is 9.68. The van der Waals surface area contributed by atoms with Gasteiger partial charge in [-0.05, 0) is 19.3 Å². The van der Waals surface area contributed by atoms with E-state index in [4.69, 9.17) is 22.9 Å². The first-order valence-electron chi connectivity index (χ1n) is 4.36. The van der Waals surface area contributed by atoms with Crippen molar-refractivity contribution < 1.29 is 0 Å². The number of thioether (sulfide) groups is 1. The molecule has 0 heterocycles. The molecule has 1 aliphatic carbocycles. The number of hydrogen-bond donors (Lipinski definition) is 1. The van der Waals surface area contributed by atoms with Gasteiger partial charge in [0.25, 0.3) is 0 Å². The van der Waals surface area contributed by atoms with Crippen molar-refractivity contribution in [3.63, 3.8) is 0 Å². The van der Waals surface area contributed by atoms with Gasteiger partial charge in [-0.3, -0.25) is 0 Å². The zero-order valence-corrected chi connectivity index (χ0v) is 9.01. The van der Waals surface area contributed by atoms with Gasteiger partial charge in [0, 0.05) is 23.8 Å². The van der Waals surface area contributed by atoms with Crippen LogP contribution in [0.5, 0.6) is 0 Å². The quantitative estimate of drug-likeness (QED) is 0.578. The molecule has 0 aromatic carbocycles. The fourth-order valence-corrected chi connectivity index (χ4v) is 2.77. The van der Waals surface area contributed by atoms with Crippen molar-refractivity contribution in [1.82, 2.24) is 0 Å². The van der Waals surface area contributed by atoms with Crippen molar-refractivity contribution >= 4 is 33.9 Å². The van der Waals surface area contributed by atoms with Crippen molar-refractivity contribution in [3.05, 3.63) is 0 Å². The van der Waals surface area contributed by atoms with E-state index in [9.17, 15) is 0 Å². The average molecular weight is 212 g/mol. The fraction of sp³-hybridized carbons (Fsp3) is 0.667. The van der Waals surface area contributed by atoms with E-state index in [1.165, 1.54) is 0 Å². The average Bonchev–Trinajstić information content (AvgIpc) is 2.52. The van der Waals surface area contributed by atoms with Gasteiger partial charge < -0.3 is 5.41 Å². The molecule has 2 nitrogen and oxygen atoms in total. The molecule has 1 fully saturated rings. The normalized spacial score (nSPS) is 21.5. The third-order valence-corrected chi connectivity index (χ3v) is 3.72. The molecule has 0 spiro atoms. The van der Waals surface area contributed by atoms with Crippen LogP contribution in [0.3, 0.4) is 0 Å². The van der Waals surface area contributed by atoms with Gasteiger partial charge in [-0.1, -0.05) is 12.2 Å². The van der Waals surface area contributed by atoms with Crippen molar-refractivity contribution in [1.29, 1.82) is 10.7 Å². The summed E-state index contributed by atoms with van der Waals surface area (Å²) in [7, 11) is 0. The summed E-state index contributed by atoms with van der Waals surface area (Å²) in [6.07, 6.45) is 3.59. The van der Waals surface area contributed by atoms with Crippen LogP contribution < -0.4 is 0 Å². The third kappa shape index (κ3) is 3.09. The van der Waals surface area contributed by atoms with E-state index < -0.39 is 0 Å². The summed E-state index contributed by atoms with van der Waals surface area (Å²) in [5, 5.41) is 16.0. The van der Waals surface area contributed by atoms with Crippen LogP contribution in [0.2, 0.25) is 0 Å². The summed E-state index contributed by atoms with van der Waals surface area (Å²) in [4.78, 5) is 0. The number of rotatable bonds is 3. The monoisotopic (exact) mass is 212 g/mol. The van der Waals surface area contributed by atoms with E-state index in [1.807, 2.05) is 0 Å². The predicted molar refractivity (Wildman–Crippen MR) is 60.4 cm³/mol. The number of nitrogens with zero attached hydrogens (tertiary/aromatic N) is 1. The summed E-state index contributed by atoms with van der Waals surface area (Å²) in [6.45, 7) is 0. The molecule has 0 aromatic heterocycles. The molecule has 1 aliphatic rings. The van der Waals surface area contributed by atoms with Crippen LogP contribution in [0.1, 0.15) is 25.7 Å². The highest BCUT2D eigenvalue weighted by Crippen LogP contribution is 2.27. The zero-order valence-electron chi connectivity index (χ0n) is 7.38. The predicted octanol–water partition coefficient (Wildman–Crippen LogP) is 2.78. The van der Waals surface area contributed by atoms with Gasteiger partial charge >= 0.3 is 0 Å². The lowest BCUT2D eigenvalue weighted by molar-refractivity contribution is 0.825. The summed E-state index contributed by atoms with van der Waals surface area (Å²) in [5.41, 5.74) is 0.787. The molecule has 1 N–H and O–H groups in total. The van der Waals surface area contributed by atoms with Crippen molar-refractivity contribution in [2.75, 3.05) is 5.75 Å². The summed E-state index contributed by atoms with van der Waals surface area (Å²) < 4.78 is 0.915. The van der Waals surface area contributed by atoms with Gasteiger partial charge in [0.2, 0.25) is 0 Å². The van der Waals surface area contributed by atoms with E-state index in [2.05, 4.69) is 6.07 Å². The molecule has 0 bridgehead atoms. The van der Waals surface area contributed by atoms with E-state index in [0.717, 1.165) is 34.9 Å². The molecular weight excluding hydrogens is 200 g/mol. The van der Waals surface area contributed by atoms with Crippen LogP contribution in [0, 0.1) is 22.7 Å². The van der Waals surface area contributed by atoms with Gasteiger partial charge in [0.1, 0.15) is 0 Å². The maximum Gasteiger partial charge on any atom is 0.0630 e. The fourth-order valence-electron chi connectivity index (χ4n) is 1.40. The molecule has 1 rings (SSSR count). The Balaban J connectivity index is 2.31. The SMILES string of the molecule is N#CCCSC(=S)[C@H]1CCCC1=N. The largest absolute Gasteiger partial charge is 0.309 e. The third-order valence-electron chi connectivity index (χ3n) is 2.10. The first-order valence-corrected chi connectivity index (χ1v) is 5.76. The molecule has 0 aromatic rings. The minimum absolute atomic E-state index is 0.221. The molecule has 0 radical (unpaired) electrons. The number of nitriles is 1. The van der Waals surface area contributed by atoms with E-state index in [1.54, 1.807) is 11.8 Å². The topological polar surface area (TPSA) is 47.6 Å². The smallest absolute Gasteiger partial charge is 0.0630 e. The Morgan fingerprint density at radius 2 is 2.54 bits per heavy atom. The second-order valence-electron chi connectivity index (χ2n) is 3.05. The van der Waals surface area contributed by atoms with Gasteiger partial charge in [-0.2, -0.15) is 5.26 Å². The van der Waals surface area contributed by atoms with E-state index >= 15 is 0 Å². The molecule has 0 saturated heterocycles. The van der Waals surface area contributed by atoms with Gasteiger partial charge in [-0.15, -0.1) is 11.8 Å². The molecule has 4 heteroatoms. The van der Waals surface area contributed by atoms with Crippen LogP contribution in [-0.2, 0) is 0 Å². The number of thiocarbonyl (C=S) groups is 1. The van der Waals surface area contributed by atoms with Crippen LogP contribution in [-0.4, -0.2) is 15.7 Å². The molecule has 0 amide bonds. The highest BCUT2D eigenvalue weighted by molar-refractivity contribution is 8.23. The maximum atomic E-state index is 8.35. The molecule has 13 heavy (non-hydrogen) atoms. The minimum atomic E-state index is 0.221. The Morgan fingerprint density at radius 1 is 1.77 bits per heavy atom. The minimum Gasteiger partial charge on any atom is -0.309 e. The second kappa shape index (κ2) is 5.36. The highest BCUT2D eigenvalue weighted by atomic mass is 32.2. The number of hydrogen-bond acceptors (Lipinski definition) is 4. The molecule has 70 valence electrons. The standard InChI is InChI=1S/C9H12N2S2/c10-5-2-6-13-9(12)7-3-1-4-8(7)11/h7,11H,1-4,6H2/t7-/m0/s1. The Kier molecular flexibility index (Phi) is 4.40. The van der Waals surface area contributed by atoms with Crippen LogP contribution in [0.15, 0.2) is 0 Å². The van der Waals surface area contributed by atoms with Crippen molar-refractivity contribution in [3.8, 4) is 6.07 Å². The van der Waals surface area contributed by atoms with Gasteiger partial charge in [0.05, 0.1) is 10.3 Å². The highest BCUT2D eigenvalue weighted by Gasteiger charge is 2.24. The Hall–Kier alpha value is -0.400. The molecule has 1 saturated carbocycles. The van der Waals surface area contributed by atoms with Crippen molar-refractivity contribution in [2.45, 2.75) is 25.7 Å². The first kappa shape index (κ1) is 10.7. The molecule has 0 aliphatic heterocycles. The molecule has 0 unspecified atom stereocenters. The van der Waals surface area contributed by atoms with Crippen molar-refractivity contribution in [2.24, 2.45) is 5.92 Å². The second-order valence-corrected chi connectivity index (χ2v) is 4.88. The van der Waals surface area contributed by atoms with Crippen LogP contribution in [0.25, 0.3) is 0 Å².